The zero-order valence-corrected chi connectivity index (χ0v) is 8.90. The van der Waals surface area contributed by atoms with Crippen LogP contribution in [-0.2, 0) is 23.7 Å². The van der Waals surface area contributed by atoms with Crippen molar-refractivity contribution in [1.82, 2.24) is 0 Å². The van der Waals surface area contributed by atoms with Gasteiger partial charge in [0, 0.05) is 14.2 Å². The van der Waals surface area contributed by atoms with E-state index in [-0.39, 0.29) is 6.61 Å². The number of rotatable bonds is 3. The van der Waals surface area contributed by atoms with Crippen molar-refractivity contribution in [2.75, 3.05) is 20.8 Å². The molecule has 82 valence electrons. The predicted molar refractivity (Wildman–Crippen MR) is 47.7 cm³/mol. The van der Waals surface area contributed by atoms with Crippen LogP contribution in [0.5, 0.6) is 0 Å². The lowest BCUT2D eigenvalue weighted by molar-refractivity contribution is -0.424. The maximum atomic E-state index is 10.6. The van der Waals surface area contributed by atoms with Crippen molar-refractivity contribution in [3.05, 3.63) is 0 Å². The van der Waals surface area contributed by atoms with Crippen molar-refractivity contribution in [3.63, 3.8) is 0 Å². The molecule has 0 bridgehead atoms. The second-order valence-corrected chi connectivity index (χ2v) is 3.40. The lowest BCUT2D eigenvalue weighted by Gasteiger charge is -2.47. The van der Waals surface area contributed by atoms with Gasteiger partial charge >= 0.3 is 0 Å². The Morgan fingerprint density at radius 3 is 2.29 bits per heavy atom. The molecule has 1 saturated heterocycles. The number of carbonyl (C=O) groups excluding carboxylic acids is 1. The van der Waals surface area contributed by atoms with Crippen molar-refractivity contribution in [3.8, 4) is 0 Å². The van der Waals surface area contributed by atoms with E-state index in [0.717, 1.165) is 0 Å². The zero-order chi connectivity index (χ0) is 10.8. The number of methoxy groups -OCH3 is 2. The molecule has 5 heteroatoms. The van der Waals surface area contributed by atoms with Crippen molar-refractivity contribution >= 4 is 6.29 Å². The van der Waals surface area contributed by atoms with Crippen LogP contribution in [0.1, 0.15) is 13.8 Å². The Balaban J connectivity index is 2.86. The summed E-state index contributed by atoms with van der Waals surface area (Å²) in [5.41, 5.74) is 0. The van der Waals surface area contributed by atoms with Crippen LogP contribution in [-0.4, -0.2) is 44.8 Å². The molecule has 5 nitrogen and oxygen atoms in total. The monoisotopic (exact) mass is 204 g/mol. The minimum atomic E-state index is -1.08. The van der Waals surface area contributed by atoms with Crippen LogP contribution >= 0.6 is 0 Å². The Morgan fingerprint density at radius 2 is 1.86 bits per heavy atom. The Hall–Kier alpha value is -0.490. The molecule has 0 aromatic carbocycles. The molecule has 1 heterocycles. The molecule has 0 saturated carbocycles. The molecule has 0 aromatic rings. The fraction of sp³-hybridized carbons (Fsp3) is 0.889. The third-order valence-electron chi connectivity index (χ3n) is 2.66. The molecule has 0 N–H and O–H groups in total. The largest absolute Gasteiger partial charge is 0.349 e. The third-order valence-corrected chi connectivity index (χ3v) is 2.66. The first-order valence-corrected chi connectivity index (χ1v) is 4.38. The standard InChI is InChI=1S/C9H16O5/c1-8(11-3)9(2,12-4)14-7(5-10)6-13-8/h5,7H,6H2,1-4H3/t7-,8?,9?/m0/s1. The van der Waals surface area contributed by atoms with Gasteiger partial charge < -0.3 is 23.7 Å². The second-order valence-electron chi connectivity index (χ2n) is 3.40. The summed E-state index contributed by atoms with van der Waals surface area (Å²) in [6, 6.07) is 0. The van der Waals surface area contributed by atoms with Gasteiger partial charge in [0.05, 0.1) is 6.61 Å². The van der Waals surface area contributed by atoms with E-state index < -0.39 is 17.7 Å². The summed E-state index contributed by atoms with van der Waals surface area (Å²) < 4.78 is 21.2. The second kappa shape index (κ2) is 3.94. The number of carbonyl (C=O) groups is 1. The van der Waals surface area contributed by atoms with E-state index in [4.69, 9.17) is 18.9 Å². The summed E-state index contributed by atoms with van der Waals surface area (Å²) in [6.07, 6.45) is 0.0788. The molecule has 1 aliphatic rings. The minimum Gasteiger partial charge on any atom is -0.349 e. The van der Waals surface area contributed by atoms with Gasteiger partial charge in [-0.1, -0.05) is 0 Å². The highest BCUT2D eigenvalue weighted by molar-refractivity contribution is 5.56. The summed E-state index contributed by atoms with van der Waals surface area (Å²) in [4.78, 5) is 10.6. The van der Waals surface area contributed by atoms with Crippen LogP contribution < -0.4 is 0 Å². The molecular formula is C9H16O5. The first kappa shape index (κ1) is 11.6. The Labute approximate surface area is 83.3 Å². The van der Waals surface area contributed by atoms with Gasteiger partial charge in [-0.3, -0.25) is 0 Å². The van der Waals surface area contributed by atoms with Gasteiger partial charge in [0.25, 0.3) is 0 Å². The molecule has 3 atom stereocenters. The highest BCUT2D eigenvalue weighted by atomic mass is 16.8. The zero-order valence-electron chi connectivity index (χ0n) is 8.90. The van der Waals surface area contributed by atoms with Crippen molar-refractivity contribution in [2.45, 2.75) is 31.5 Å². The van der Waals surface area contributed by atoms with Gasteiger partial charge in [-0.25, -0.2) is 0 Å². The predicted octanol–water partition coefficient (Wildman–Crippen LogP) is 0.326. The molecule has 0 radical (unpaired) electrons. The van der Waals surface area contributed by atoms with Gasteiger partial charge in [0.2, 0.25) is 11.6 Å². The van der Waals surface area contributed by atoms with Gasteiger partial charge in [0.1, 0.15) is 6.10 Å². The van der Waals surface area contributed by atoms with Crippen molar-refractivity contribution < 1.29 is 23.7 Å². The Kier molecular flexibility index (Phi) is 3.26. The maximum Gasteiger partial charge on any atom is 0.220 e. The first-order chi connectivity index (χ1) is 6.51. The van der Waals surface area contributed by atoms with Crippen LogP contribution in [0.4, 0.5) is 0 Å². The van der Waals surface area contributed by atoms with E-state index in [1.807, 2.05) is 0 Å². The number of ether oxygens (including phenoxy) is 4. The molecule has 1 rings (SSSR count). The van der Waals surface area contributed by atoms with Crippen molar-refractivity contribution in [2.24, 2.45) is 0 Å². The SMILES string of the molecule is COC1(C)OC[C@H](C=O)OC1(C)OC. The van der Waals surface area contributed by atoms with E-state index in [9.17, 15) is 4.79 Å². The normalized spacial score (nSPS) is 43.6. The summed E-state index contributed by atoms with van der Waals surface area (Å²) >= 11 is 0. The topological polar surface area (TPSA) is 54.0 Å². The highest BCUT2D eigenvalue weighted by Crippen LogP contribution is 2.35. The maximum absolute atomic E-state index is 10.6. The third kappa shape index (κ3) is 1.68. The molecule has 14 heavy (non-hydrogen) atoms. The van der Waals surface area contributed by atoms with Crippen LogP contribution in [0.3, 0.4) is 0 Å². The van der Waals surface area contributed by atoms with E-state index >= 15 is 0 Å². The Morgan fingerprint density at radius 1 is 1.29 bits per heavy atom. The fourth-order valence-corrected chi connectivity index (χ4v) is 1.35. The van der Waals surface area contributed by atoms with Crippen LogP contribution in [0.2, 0.25) is 0 Å². The van der Waals surface area contributed by atoms with Gasteiger partial charge in [0.15, 0.2) is 6.29 Å². The van der Waals surface area contributed by atoms with E-state index in [0.29, 0.717) is 6.29 Å². The summed E-state index contributed by atoms with van der Waals surface area (Å²) in [6.45, 7) is 3.55. The summed E-state index contributed by atoms with van der Waals surface area (Å²) in [5, 5.41) is 0. The molecule has 1 fully saturated rings. The molecule has 1 aliphatic heterocycles. The average molecular weight is 204 g/mol. The van der Waals surface area contributed by atoms with E-state index in [1.54, 1.807) is 13.8 Å². The number of hydrogen-bond acceptors (Lipinski definition) is 5. The summed E-state index contributed by atoms with van der Waals surface area (Å²) in [7, 11) is 2.98. The van der Waals surface area contributed by atoms with Crippen LogP contribution in [0, 0.1) is 0 Å². The lowest BCUT2D eigenvalue weighted by Crippen LogP contribution is -2.62. The Bertz CT molecular complexity index is 219. The van der Waals surface area contributed by atoms with Crippen LogP contribution in [0.25, 0.3) is 0 Å². The molecule has 0 amide bonds. The molecule has 2 unspecified atom stereocenters. The minimum absolute atomic E-state index is 0.173. The molecule has 0 aliphatic carbocycles. The summed E-state index contributed by atoms with van der Waals surface area (Å²) in [5.74, 6) is -2.08. The number of aldehydes is 1. The smallest absolute Gasteiger partial charge is 0.220 e. The highest BCUT2D eigenvalue weighted by Gasteiger charge is 2.53. The average Bonchev–Trinajstić information content (AvgIpc) is 2.22. The molecule has 0 spiro atoms. The quantitative estimate of drug-likeness (QED) is 0.620. The van der Waals surface area contributed by atoms with Gasteiger partial charge in [-0.05, 0) is 13.8 Å². The molecule has 0 aromatic heterocycles. The van der Waals surface area contributed by atoms with Gasteiger partial charge in [-0.2, -0.15) is 0 Å². The van der Waals surface area contributed by atoms with E-state index in [1.165, 1.54) is 14.2 Å². The van der Waals surface area contributed by atoms with Crippen molar-refractivity contribution in [1.29, 1.82) is 0 Å². The first-order valence-electron chi connectivity index (χ1n) is 4.38. The number of hydrogen-bond donors (Lipinski definition) is 0. The van der Waals surface area contributed by atoms with E-state index in [2.05, 4.69) is 0 Å². The van der Waals surface area contributed by atoms with Gasteiger partial charge in [-0.15, -0.1) is 0 Å². The van der Waals surface area contributed by atoms with Crippen LogP contribution in [0.15, 0.2) is 0 Å². The lowest BCUT2D eigenvalue weighted by atomic mass is 10.1. The molecular weight excluding hydrogens is 188 g/mol. The fourth-order valence-electron chi connectivity index (χ4n) is 1.35.